The van der Waals surface area contributed by atoms with Crippen LogP contribution in [0, 0.1) is 0 Å². The first-order valence-corrected chi connectivity index (χ1v) is 8.17. The topological polar surface area (TPSA) is 83.5 Å². The number of fused-ring (bicyclic) bond motifs is 1. The summed E-state index contributed by atoms with van der Waals surface area (Å²) in [6.45, 7) is 0.333. The molecule has 2 amide bonds. The SMILES string of the molecule is O=C(CC(=O)N/N=C/c1cccc2ccccc12)NCc1cccnc1. The average Bonchev–Trinajstić information content (AvgIpc) is 2.67. The van der Waals surface area contributed by atoms with E-state index in [1.807, 2.05) is 48.5 Å². The molecule has 26 heavy (non-hydrogen) atoms. The molecule has 6 heteroatoms. The maximum absolute atomic E-state index is 11.8. The summed E-state index contributed by atoms with van der Waals surface area (Å²) in [7, 11) is 0. The van der Waals surface area contributed by atoms with Gasteiger partial charge in [-0.15, -0.1) is 0 Å². The molecule has 0 saturated heterocycles. The van der Waals surface area contributed by atoms with Crippen molar-refractivity contribution in [1.29, 1.82) is 0 Å². The van der Waals surface area contributed by atoms with Gasteiger partial charge in [0.25, 0.3) is 0 Å². The van der Waals surface area contributed by atoms with Crippen LogP contribution in [-0.4, -0.2) is 23.0 Å². The summed E-state index contributed by atoms with van der Waals surface area (Å²) < 4.78 is 0. The zero-order valence-electron chi connectivity index (χ0n) is 14.1. The second-order valence-corrected chi connectivity index (χ2v) is 5.68. The fourth-order valence-electron chi connectivity index (χ4n) is 2.49. The van der Waals surface area contributed by atoms with E-state index in [1.165, 1.54) is 0 Å². The summed E-state index contributed by atoms with van der Waals surface area (Å²) in [5.74, 6) is -0.836. The van der Waals surface area contributed by atoms with Crippen LogP contribution in [0.4, 0.5) is 0 Å². The van der Waals surface area contributed by atoms with Gasteiger partial charge in [-0.25, -0.2) is 5.43 Å². The first kappa shape index (κ1) is 17.3. The molecule has 0 fully saturated rings. The van der Waals surface area contributed by atoms with Crippen LogP contribution < -0.4 is 10.7 Å². The molecule has 2 N–H and O–H groups in total. The van der Waals surface area contributed by atoms with Crippen LogP contribution >= 0.6 is 0 Å². The normalized spacial score (nSPS) is 10.8. The molecule has 0 aliphatic carbocycles. The Hall–Kier alpha value is -3.54. The second kappa shape index (κ2) is 8.53. The number of benzene rings is 2. The highest BCUT2D eigenvalue weighted by molar-refractivity contribution is 6.00. The third-order valence-corrected chi connectivity index (χ3v) is 3.75. The first-order valence-electron chi connectivity index (χ1n) is 8.17. The lowest BCUT2D eigenvalue weighted by Crippen LogP contribution is -2.29. The van der Waals surface area contributed by atoms with Crippen LogP contribution in [-0.2, 0) is 16.1 Å². The quantitative estimate of drug-likeness (QED) is 0.408. The Morgan fingerprint density at radius 1 is 1.00 bits per heavy atom. The van der Waals surface area contributed by atoms with Gasteiger partial charge < -0.3 is 5.32 Å². The highest BCUT2D eigenvalue weighted by Gasteiger charge is 2.08. The molecule has 0 aliphatic rings. The minimum atomic E-state index is -0.467. The second-order valence-electron chi connectivity index (χ2n) is 5.68. The van der Waals surface area contributed by atoms with Gasteiger partial charge in [-0.1, -0.05) is 48.5 Å². The van der Waals surface area contributed by atoms with Gasteiger partial charge in [-0.05, 0) is 22.4 Å². The summed E-state index contributed by atoms with van der Waals surface area (Å²) in [6.07, 6.45) is 4.61. The summed E-state index contributed by atoms with van der Waals surface area (Å²) >= 11 is 0. The number of nitrogens with one attached hydrogen (secondary N) is 2. The van der Waals surface area contributed by atoms with Crippen LogP contribution in [0.5, 0.6) is 0 Å². The van der Waals surface area contributed by atoms with E-state index in [-0.39, 0.29) is 12.3 Å². The van der Waals surface area contributed by atoms with Crippen LogP contribution in [0.2, 0.25) is 0 Å². The Morgan fingerprint density at radius 2 is 1.85 bits per heavy atom. The highest BCUT2D eigenvalue weighted by atomic mass is 16.2. The molecule has 0 unspecified atom stereocenters. The van der Waals surface area contributed by atoms with E-state index in [9.17, 15) is 9.59 Å². The van der Waals surface area contributed by atoms with Crippen LogP contribution in [0.25, 0.3) is 10.8 Å². The lowest BCUT2D eigenvalue weighted by atomic mass is 10.1. The number of pyridine rings is 1. The van der Waals surface area contributed by atoms with Gasteiger partial charge in [0, 0.05) is 24.5 Å². The molecule has 130 valence electrons. The predicted molar refractivity (Wildman–Crippen MR) is 100 cm³/mol. The fraction of sp³-hybridized carbons (Fsp3) is 0.100. The number of hydrogen-bond acceptors (Lipinski definition) is 4. The van der Waals surface area contributed by atoms with Gasteiger partial charge in [0.05, 0.1) is 6.21 Å². The summed E-state index contributed by atoms with van der Waals surface area (Å²) in [5.41, 5.74) is 4.15. The number of hydrogen-bond donors (Lipinski definition) is 2. The molecule has 0 bridgehead atoms. The van der Waals surface area contributed by atoms with Gasteiger partial charge in [0.2, 0.25) is 11.8 Å². The van der Waals surface area contributed by atoms with Crippen molar-refractivity contribution in [3.63, 3.8) is 0 Å². The van der Waals surface area contributed by atoms with Crippen molar-refractivity contribution in [2.75, 3.05) is 0 Å². The highest BCUT2D eigenvalue weighted by Crippen LogP contribution is 2.16. The number of carbonyl (C=O) groups is 2. The van der Waals surface area contributed by atoms with Crippen LogP contribution in [0.15, 0.2) is 72.1 Å². The third-order valence-electron chi connectivity index (χ3n) is 3.75. The lowest BCUT2D eigenvalue weighted by molar-refractivity contribution is -0.129. The fourth-order valence-corrected chi connectivity index (χ4v) is 2.49. The Bertz CT molecular complexity index is 933. The van der Waals surface area contributed by atoms with Gasteiger partial charge in [-0.3, -0.25) is 14.6 Å². The molecular formula is C20H18N4O2. The van der Waals surface area contributed by atoms with E-state index in [0.717, 1.165) is 21.9 Å². The van der Waals surface area contributed by atoms with Crippen molar-refractivity contribution < 1.29 is 9.59 Å². The zero-order chi connectivity index (χ0) is 18.2. The van der Waals surface area contributed by atoms with E-state index in [2.05, 4.69) is 20.8 Å². The summed E-state index contributed by atoms with van der Waals surface area (Å²) in [4.78, 5) is 27.6. The molecule has 1 aromatic heterocycles. The monoisotopic (exact) mass is 346 g/mol. The van der Waals surface area contributed by atoms with E-state index < -0.39 is 5.91 Å². The number of rotatable bonds is 6. The average molecular weight is 346 g/mol. The standard InChI is InChI=1S/C20H18N4O2/c25-19(22-13-15-5-4-10-21-12-15)11-20(26)24-23-14-17-8-3-7-16-6-1-2-9-18(16)17/h1-10,12,14H,11,13H2,(H,22,25)(H,24,26)/b23-14+. The molecule has 3 rings (SSSR count). The Balaban J connectivity index is 1.50. The third kappa shape index (κ3) is 4.73. The van der Waals surface area contributed by atoms with E-state index in [1.54, 1.807) is 24.7 Å². The zero-order valence-corrected chi connectivity index (χ0v) is 14.1. The van der Waals surface area contributed by atoms with E-state index in [4.69, 9.17) is 0 Å². The Morgan fingerprint density at radius 3 is 2.69 bits per heavy atom. The van der Waals surface area contributed by atoms with Crippen LogP contribution in [0.1, 0.15) is 17.5 Å². The maximum Gasteiger partial charge on any atom is 0.249 e. The number of amides is 2. The number of nitrogens with zero attached hydrogens (tertiary/aromatic N) is 2. The van der Waals surface area contributed by atoms with Crippen molar-refractivity contribution in [2.45, 2.75) is 13.0 Å². The molecule has 0 saturated carbocycles. The minimum Gasteiger partial charge on any atom is -0.352 e. The summed E-state index contributed by atoms with van der Waals surface area (Å²) in [5, 5.41) is 8.76. The maximum atomic E-state index is 11.8. The van der Waals surface area contributed by atoms with Crippen molar-refractivity contribution in [3.05, 3.63) is 78.1 Å². The Kier molecular flexibility index (Phi) is 5.67. The predicted octanol–water partition coefficient (Wildman–Crippen LogP) is 2.39. The number of carbonyl (C=O) groups excluding carboxylic acids is 2. The van der Waals surface area contributed by atoms with Crippen molar-refractivity contribution in [2.24, 2.45) is 5.10 Å². The summed E-state index contributed by atoms with van der Waals surface area (Å²) in [6, 6.07) is 17.4. The van der Waals surface area contributed by atoms with Crippen LogP contribution in [0.3, 0.4) is 0 Å². The lowest BCUT2D eigenvalue weighted by Gasteiger charge is -2.04. The molecule has 0 spiro atoms. The van der Waals surface area contributed by atoms with E-state index in [0.29, 0.717) is 6.54 Å². The smallest absolute Gasteiger partial charge is 0.249 e. The first-order chi connectivity index (χ1) is 12.7. The molecule has 6 nitrogen and oxygen atoms in total. The molecule has 0 atom stereocenters. The number of aromatic nitrogens is 1. The molecular weight excluding hydrogens is 328 g/mol. The van der Waals surface area contributed by atoms with Gasteiger partial charge in [0.15, 0.2) is 0 Å². The van der Waals surface area contributed by atoms with Crippen molar-refractivity contribution >= 4 is 28.8 Å². The largest absolute Gasteiger partial charge is 0.352 e. The molecule has 0 radical (unpaired) electrons. The van der Waals surface area contributed by atoms with E-state index >= 15 is 0 Å². The molecule has 3 aromatic rings. The van der Waals surface area contributed by atoms with Crippen molar-refractivity contribution in [1.82, 2.24) is 15.7 Å². The minimum absolute atomic E-state index is 0.285. The van der Waals surface area contributed by atoms with Gasteiger partial charge in [0.1, 0.15) is 6.42 Å². The molecule has 0 aliphatic heterocycles. The van der Waals surface area contributed by atoms with Gasteiger partial charge >= 0.3 is 0 Å². The number of hydrazone groups is 1. The molecule has 1 heterocycles. The van der Waals surface area contributed by atoms with Gasteiger partial charge in [-0.2, -0.15) is 5.10 Å². The van der Waals surface area contributed by atoms with Crippen molar-refractivity contribution in [3.8, 4) is 0 Å². The molecule has 2 aromatic carbocycles. The Labute approximate surface area is 151 Å².